The fraction of sp³-hybridized carbons (Fsp3) is 0.133. The molecule has 1 heterocycles. The molecule has 0 unspecified atom stereocenters. The standard InChI is InChI=1S/C15H14ClN3O2/c1-17-14(20)11-4-2-3-10(7-11)9-19-15(21)12-5-6-18-13(16)8-12/h2-8H,9H2,1H3,(H,17,20)(H,19,21). The van der Waals surface area contributed by atoms with Crippen LogP contribution in [0.25, 0.3) is 0 Å². The third kappa shape index (κ3) is 4.03. The maximum absolute atomic E-state index is 12.0. The summed E-state index contributed by atoms with van der Waals surface area (Å²) in [5.74, 6) is -0.409. The number of rotatable bonds is 4. The molecule has 0 aliphatic carbocycles. The third-order valence-electron chi connectivity index (χ3n) is 2.86. The van der Waals surface area contributed by atoms with Gasteiger partial charge in [0.25, 0.3) is 11.8 Å². The Morgan fingerprint density at radius 2 is 1.90 bits per heavy atom. The van der Waals surface area contributed by atoms with E-state index in [0.717, 1.165) is 5.56 Å². The first kappa shape index (κ1) is 15.0. The molecule has 1 aromatic heterocycles. The van der Waals surface area contributed by atoms with Gasteiger partial charge in [-0.15, -0.1) is 0 Å². The topological polar surface area (TPSA) is 71.1 Å². The monoisotopic (exact) mass is 303 g/mol. The van der Waals surface area contributed by atoms with E-state index in [2.05, 4.69) is 15.6 Å². The molecule has 0 fully saturated rings. The van der Waals surface area contributed by atoms with Crippen molar-refractivity contribution in [1.29, 1.82) is 0 Å². The zero-order valence-electron chi connectivity index (χ0n) is 11.4. The minimum absolute atomic E-state index is 0.163. The number of amides is 2. The first-order valence-corrected chi connectivity index (χ1v) is 6.68. The van der Waals surface area contributed by atoms with E-state index >= 15 is 0 Å². The van der Waals surface area contributed by atoms with E-state index in [0.29, 0.717) is 17.7 Å². The summed E-state index contributed by atoms with van der Waals surface area (Å²) in [7, 11) is 1.57. The number of halogens is 1. The molecule has 0 bridgehead atoms. The van der Waals surface area contributed by atoms with Crippen LogP contribution in [0.2, 0.25) is 5.15 Å². The predicted molar refractivity (Wildman–Crippen MR) is 80.2 cm³/mol. The average molecular weight is 304 g/mol. The van der Waals surface area contributed by atoms with Crippen LogP contribution in [0, 0.1) is 0 Å². The summed E-state index contributed by atoms with van der Waals surface area (Å²) in [4.78, 5) is 27.3. The maximum Gasteiger partial charge on any atom is 0.251 e. The van der Waals surface area contributed by atoms with E-state index in [4.69, 9.17) is 11.6 Å². The molecular formula is C15H14ClN3O2. The summed E-state index contributed by atoms with van der Waals surface area (Å²) in [6, 6.07) is 10.1. The van der Waals surface area contributed by atoms with Crippen molar-refractivity contribution < 1.29 is 9.59 Å². The van der Waals surface area contributed by atoms with Gasteiger partial charge >= 0.3 is 0 Å². The Morgan fingerprint density at radius 3 is 2.62 bits per heavy atom. The zero-order valence-corrected chi connectivity index (χ0v) is 12.1. The molecule has 0 radical (unpaired) electrons. The minimum atomic E-state index is -0.246. The molecule has 5 nitrogen and oxygen atoms in total. The summed E-state index contributed by atoms with van der Waals surface area (Å²) in [6.45, 7) is 0.323. The molecule has 2 N–H and O–H groups in total. The largest absolute Gasteiger partial charge is 0.355 e. The molecule has 0 aliphatic heterocycles. The van der Waals surface area contributed by atoms with Crippen LogP contribution in [0.1, 0.15) is 26.3 Å². The Hall–Kier alpha value is -2.40. The molecule has 2 rings (SSSR count). The number of nitrogens with zero attached hydrogens (tertiary/aromatic N) is 1. The van der Waals surface area contributed by atoms with Gasteiger partial charge in [0.05, 0.1) is 0 Å². The molecule has 0 saturated carbocycles. The Bertz CT molecular complexity index is 673. The molecule has 0 saturated heterocycles. The van der Waals surface area contributed by atoms with Gasteiger partial charge in [-0.1, -0.05) is 23.7 Å². The number of hydrogen-bond donors (Lipinski definition) is 2. The van der Waals surface area contributed by atoms with E-state index in [1.54, 1.807) is 31.3 Å². The number of benzene rings is 1. The summed E-state index contributed by atoms with van der Waals surface area (Å²) >= 11 is 5.74. The van der Waals surface area contributed by atoms with Crippen molar-refractivity contribution in [2.75, 3.05) is 7.05 Å². The first-order valence-electron chi connectivity index (χ1n) is 6.31. The Morgan fingerprint density at radius 1 is 1.14 bits per heavy atom. The lowest BCUT2D eigenvalue weighted by Crippen LogP contribution is -2.23. The van der Waals surface area contributed by atoms with E-state index in [9.17, 15) is 9.59 Å². The highest BCUT2D eigenvalue weighted by atomic mass is 35.5. The van der Waals surface area contributed by atoms with E-state index < -0.39 is 0 Å². The fourth-order valence-electron chi connectivity index (χ4n) is 1.79. The summed E-state index contributed by atoms with van der Waals surface area (Å²) in [5, 5.41) is 5.59. The van der Waals surface area contributed by atoms with Gasteiger partial charge in [-0.25, -0.2) is 4.98 Å². The van der Waals surface area contributed by atoms with E-state index in [-0.39, 0.29) is 17.0 Å². The molecule has 2 aromatic rings. The molecule has 21 heavy (non-hydrogen) atoms. The van der Waals surface area contributed by atoms with Gasteiger partial charge in [-0.05, 0) is 29.8 Å². The summed E-state index contributed by atoms with van der Waals surface area (Å²) < 4.78 is 0. The number of aromatic nitrogens is 1. The van der Waals surface area contributed by atoms with Gasteiger partial charge in [0.2, 0.25) is 0 Å². The highest BCUT2D eigenvalue weighted by Crippen LogP contribution is 2.08. The van der Waals surface area contributed by atoms with E-state index in [1.807, 2.05) is 6.07 Å². The lowest BCUT2D eigenvalue weighted by Gasteiger charge is -2.07. The molecule has 108 valence electrons. The smallest absolute Gasteiger partial charge is 0.251 e. The van der Waals surface area contributed by atoms with Crippen LogP contribution in [0.15, 0.2) is 42.6 Å². The zero-order chi connectivity index (χ0) is 15.2. The SMILES string of the molecule is CNC(=O)c1cccc(CNC(=O)c2ccnc(Cl)c2)c1. The minimum Gasteiger partial charge on any atom is -0.355 e. The average Bonchev–Trinajstić information content (AvgIpc) is 2.52. The summed E-state index contributed by atoms with van der Waals surface area (Å²) in [6.07, 6.45) is 1.48. The predicted octanol–water partition coefficient (Wildman–Crippen LogP) is 2.02. The number of carbonyl (C=O) groups is 2. The lowest BCUT2D eigenvalue weighted by atomic mass is 10.1. The van der Waals surface area contributed by atoms with Gasteiger partial charge in [0.15, 0.2) is 0 Å². The van der Waals surface area contributed by atoms with Crippen molar-refractivity contribution in [2.45, 2.75) is 6.54 Å². The fourth-order valence-corrected chi connectivity index (χ4v) is 1.97. The van der Waals surface area contributed by atoms with Gasteiger partial charge in [0.1, 0.15) is 5.15 Å². The molecular weight excluding hydrogens is 290 g/mol. The summed E-state index contributed by atoms with van der Waals surface area (Å²) in [5.41, 5.74) is 1.83. The van der Waals surface area contributed by atoms with Gasteiger partial charge < -0.3 is 10.6 Å². The second-order valence-electron chi connectivity index (χ2n) is 4.33. The molecule has 2 amide bonds. The molecule has 0 atom stereocenters. The van der Waals surface area contributed by atoms with Crippen molar-refractivity contribution in [3.8, 4) is 0 Å². The molecule has 6 heteroatoms. The number of carbonyl (C=O) groups excluding carboxylic acids is 2. The Labute approximate surface area is 127 Å². The van der Waals surface area contributed by atoms with Crippen LogP contribution in [-0.2, 0) is 6.54 Å². The molecule has 0 spiro atoms. The van der Waals surface area contributed by atoms with Crippen LogP contribution in [-0.4, -0.2) is 23.8 Å². The van der Waals surface area contributed by atoms with Crippen molar-refractivity contribution in [1.82, 2.24) is 15.6 Å². The number of nitrogens with one attached hydrogen (secondary N) is 2. The Balaban J connectivity index is 2.03. The maximum atomic E-state index is 12.0. The molecule has 0 aliphatic rings. The van der Waals surface area contributed by atoms with Gasteiger partial charge in [-0.2, -0.15) is 0 Å². The van der Waals surface area contributed by atoms with Gasteiger partial charge in [0, 0.05) is 30.9 Å². The highest BCUT2D eigenvalue weighted by Gasteiger charge is 2.07. The van der Waals surface area contributed by atoms with Crippen molar-refractivity contribution in [3.05, 3.63) is 64.4 Å². The van der Waals surface area contributed by atoms with Crippen LogP contribution in [0.3, 0.4) is 0 Å². The van der Waals surface area contributed by atoms with Crippen molar-refractivity contribution in [3.63, 3.8) is 0 Å². The van der Waals surface area contributed by atoms with Crippen LogP contribution in [0.4, 0.5) is 0 Å². The quantitative estimate of drug-likeness (QED) is 0.849. The van der Waals surface area contributed by atoms with Crippen molar-refractivity contribution >= 4 is 23.4 Å². The third-order valence-corrected chi connectivity index (χ3v) is 3.06. The highest BCUT2D eigenvalue weighted by molar-refractivity contribution is 6.29. The number of hydrogen-bond acceptors (Lipinski definition) is 3. The van der Waals surface area contributed by atoms with E-state index in [1.165, 1.54) is 12.3 Å². The number of pyridine rings is 1. The normalized spacial score (nSPS) is 10.0. The van der Waals surface area contributed by atoms with Crippen LogP contribution < -0.4 is 10.6 Å². The molecule has 1 aromatic carbocycles. The van der Waals surface area contributed by atoms with Crippen LogP contribution in [0.5, 0.6) is 0 Å². The lowest BCUT2D eigenvalue weighted by molar-refractivity contribution is 0.0948. The first-order chi connectivity index (χ1) is 10.1. The Kier molecular flexibility index (Phi) is 4.90. The van der Waals surface area contributed by atoms with Gasteiger partial charge in [-0.3, -0.25) is 9.59 Å². The second-order valence-corrected chi connectivity index (χ2v) is 4.72. The van der Waals surface area contributed by atoms with Crippen molar-refractivity contribution in [2.24, 2.45) is 0 Å². The second kappa shape index (κ2) is 6.85. The van der Waals surface area contributed by atoms with Crippen LogP contribution >= 0.6 is 11.6 Å².